The molecule has 34 heavy (non-hydrogen) atoms. The first-order chi connectivity index (χ1) is 16.5. The maximum atomic E-state index is 14.5. The number of ether oxygens (including phenoxy) is 1. The highest BCUT2D eigenvalue weighted by atomic mass is 35.5. The minimum atomic E-state index is -1.07. The van der Waals surface area contributed by atoms with Gasteiger partial charge in [0.1, 0.15) is 28.9 Å². The average molecular weight is 490 g/mol. The second-order valence-corrected chi connectivity index (χ2v) is 8.52. The molecule has 0 radical (unpaired) electrons. The second-order valence-electron chi connectivity index (χ2n) is 8.11. The lowest BCUT2D eigenvalue weighted by Crippen LogP contribution is -2.39. The molecule has 0 aliphatic carbocycles. The number of alkyl halides is 1. The normalized spacial score (nSPS) is 19.4. The predicted molar refractivity (Wildman–Crippen MR) is 120 cm³/mol. The molecular formula is C22H22ClF2N7O2. The van der Waals surface area contributed by atoms with Gasteiger partial charge >= 0.3 is 0 Å². The van der Waals surface area contributed by atoms with E-state index in [2.05, 4.69) is 25.7 Å². The van der Waals surface area contributed by atoms with E-state index < -0.39 is 30.7 Å². The van der Waals surface area contributed by atoms with E-state index in [-0.39, 0.29) is 6.54 Å². The van der Waals surface area contributed by atoms with Crippen molar-refractivity contribution in [3.05, 3.63) is 59.0 Å². The van der Waals surface area contributed by atoms with Gasteiger partial charge in [0, 0.05) is 18.3 Å². The first-order valence-corrected chi connectivity index (χ1v) is 11.2. The molecule has 12 heteroatoms. The van der Waals surface area contributed by atoms with Crippen molar-refractivity contribution < 1.29 is 18.6 Å². The Kier molecular flexibility index (Phi) is 6.15. The summed E-state index contributed by atoms with van der Waals surface area (Å²) in [6.45, 7) is 2.41. The van der Waals surface area contributed by atoms with Gasteiger partial charge in [-0.05, 0) is 38.1 Å². The lowest BCUT2D eigenvalue weighted by molar-refractivity contribution is 0.114. The summed E-state index contributed by atoms with van der Waals surface area (Å²) in [5.74, 6) is -0.171. The molecule has 9 nitrogen and oxygen atoms in total. The van der Waals surface area contributed by atoms with E-state index >= 15 is 0 Å². The van der Waals surface area contributed by atoms with Crippen molar-refractivity contribution in [2.45, 2.75) is 31.7 Å². The molecule has 1 fully saturated rings. The number of rotatable bonds is 6. The molecule has 1 unspecified atom stereocenters. The molecule has 1 aliphatic heterocycles. The van der Waals surface area contributed by atoms with Crippen LogP contribution >= 0.6 is 11.6 Å². The summed E-state index contributed by atoms with van der Waals surface area (Å²) in [5.41, 5.74) is 2.71. The van der Waals surface area contributed by atoms with Gasteiger partial charge < -0.3 is 15.2 Å². The largest absolute Gasteiger partial charge is 0.479 e. The van der Waals surface area contributed by atoms with Crippen LogP contribution in [0.1, 0.15) is 30.0 Å². The molecule has 4 aromatic heterocycles. The first kappa shape index (κ1) is 22.6. The van der Waals surface area contributed by atoms with Crippen LogP contribution in [0, 0.1) is 12.7 Å². The molecule has 0 saturated carbocycles. The van der Waals surface area contributed by atoms with E-state index in [4.69, 9.17) is 16.3 Å². The van der Waals surface area contributed by atoms with E-state index in [0.717, 1.165) is 6.20 Å². The number of aromatic nitrogens is 6. The number of hydrogen-bond acceptors (Lipinski definition) is 7. The number of aliphatic hydroxyl groups excluding tert-OH is 1. The fourth-order valence-electron chi connectivity index (χ4n) is 4.19. The third-order valence-electron chi connectivity index (χ3n) is 5.94. The molecule has 178 valence electrons. The smallest absolute Gasteiger partial charge is 0.163 e. The van der Waals surface area contributed by atoms with Gasteiger partial charge in [0.2, 0.25) is 0 Å². The van der Waals surface area contributed by atoms with Crippen molar-refractivity contribution in [1.82, 2.24) is 34.9 Å². The minimum Gasteiger partial charge on any atom is -0.479 e. The van der Waals surface area contributed by atoms with Crippen LogP contribution in [-0.4, -0.2) is 60.6 Å². The Bertz CT molecular complexity index is 1310. The van der Waals surface area contributed by atoms with Gasteiger partial charge in [-0.15, -0.1) is 5.10 Å². The Morgan fingerprint density at radius 1 is 1.35 bits per heavy atom. The highest BCUT2D eigenvalue weighted by Crippen LogP contribution is 2.35. The van der Waals surface area contributed by atoms with Crippen molar-refractivity contribution in [2.75, 3.05) is 19.7 Å². The maximum absolute atomic E-state index is 14.5. The number of fused-ring (bicyclic) bond motifs is 1. The zero-order valence-corrected chi connectivity index (χ0v) is 19.0. The van der Waals surface area contributed by atoms with Crippen molar-refractivity contribution >= 4 is 17.1 Å². The monoisotopic (exact) mass is 489 g/mol. The van der Waals surface area contributed by atoms with Crippen LogP contribution in [0.3, 0.4) is 0 Å². The molecule has 0 aromatic carbocycles. The van der Waals surface area contributed by atoms with Gasteiger partial charge in [0.05, 0.1) is 41.5 Å². The molecule has 0 amide bonds. The van der Waals surface area contributed by atoms with E-state index in [1.54, 1.807) is 21.5 Å². The van der Waals surface area contributed by atoms with Crippen molar-refractivity contribution in [3.8, 4) is 17.0 Å². The third kappa shape index (κ3) is 4.10. The van der Waals surface area contributed by atoms with Gasteiger partial charge in [-0.25, -0.2) is 18.0 Å². The molecule has 0 bridgehead atoms. The van der Waals surface area contributed by atoms with Crippen LogP contribution < -0.4 is 10.1 Å². The Balaban J connectivity index is 1.55. The average Bonchev–Trinajstić information content (AvgIpc) is 3.41. The number of nitrogens with zero attached hydrogens (tertiary/aromatic N) is 6. The minimum absolute atomic E-state index is 0.273. The summed E-state index contributed by atoms with van der Waals surface area (Å²) in [5, 5.41) is 26.1. The van der Waals surface area contributed by atoms with Crippen LogP contribution in [0.15, 0.2) is 36.8 Å². The van der Waals surface area contributed by atoms with E-state index in [0.29, 0.717) is 51.9 Å². The summed E-state index contributed by atoms with van der Waals surface area (Å²) < 4.78 is 37.1. The summed E-state index contributed by atoms with van der Waals surface area (Å²) in [6, 6.07) is 4.00. The van der Waals surface area contributed by atoms with E-state index in [1.807, 2.05) is 6.92 Å². The van der Waals surface area contributed by atoms with Gasteiger partial charge in [-0.2, -0.15) is 5.10 Å². The summed E-state index contributed by atoms with van der Waals surface area (Å²) in [6.07, 6.45) is 2.93. The number of hydrogen-bond donors (Lipinski definition) is 2. The van der Waals surface area contributed by atoms with Crippen molar-refractivity contribution in [1.29, 1.82) is 0 Å². The van der Waals surface area contributed by atoms with Crippen LogP contribution in [-0.2, 0) is 0 Å². The Morgan fingerprint density at radius 2 is 2.21 bits per heavy atom. The lowest BCUT2D eigenvalue weighted by Gasteiger charge is -2.27. The van der Waals surface area contributed by atoms with E-state index in [1.165, 1.54) is 18.3 Å². The predicted octanol–water partition coefficient (Wildman–Crippen LogP) is 3.07. The molecule has 5 rings (SSSR count). The highest BCUT2D eigenvalue weighted by molar-refractivity contribution is 6.34. The van der Waals surface area contributed by atoms with Gasteiger partial charge in [-0.1, -0.05) is 16.8 Å². The number of pyridine rings is 2. The topological polar surface area (TPSA) is 102 Å². The molecule has 0 spiro atoms. The Labute approximate surface area is 198 Å². The van der Waals surface area contributed by atoms with Crippen molar-refractivity contribution in [2.24, 2.45) is 0 Å². The fraction of sp³-hybridized carbons (Fsp3) is 0.364. The van der Waals surface area contributed by atoms with Gasteiger partial charge in [0.15, 0.2) is 6.10 Å². The van der Waals surface area contributed by atoms with Gasteiger partial charge in [0.25, 0.3) is 0 Å². The molecule has 3 atom stereocenters. The summed E-state index contributed by atoms with van der Waals surface area (Å²) in [4.78, 5) is 4.01. The Hall–Kier alpha value is -3.15. The quantitative estimate of drug-likeness (QED) is 0.429. The SMILES string of the molecule is Cc1c(-c2cc(OC(CO)c3ccc(F)cn3)c3c(Cl)cnn3c2)nnn1[C@@H]1CCNC[C@@H]1F. The first-order valence-electron chi connectivity index (χ1n) is 10.8. The molecular weight excluding hydrogens is 468 g/mol. The summed E-state index contributed by atoms with van der Waals surface area (Å²) >= 11 is 6.35. The third-order valence-corrected chi connectivity index (χ3v) is 6.21. The zero-order chi connectivity index (χ0) is 23.8. The number of halogens is 3. The van der Waals surface area contributed by atoms with Crippen LogP contribution in [0.2, 0.25) is 5.02 Å². The van der Waals surface area contributed by atoms with Crippen molar-refractivity contribution in [3.63, 3.8) is 0 Å². The molecule has 2 N–H and O–H groups in total. The molecule has 1 saturated heterocycles. The van der Waals surface area contributed by atoms with Crippen LogP contribution in [0.4, 0.5) is 8.78 Å². The number of piperidine rings is 1. The fourth-order valence-corrected chi connectivity index (χ4v) is 4.42. The molecule has 1 aliphatic rings. The standard InChI is InChI=1S/C22H22ClF2N7O2/c1-12-21(29-30-32(12)18-4-5-26-9-16(18)25)13-6-19(22-15(23)8-28-31(22)10-13)34-20(11-33)17-3-2-14(24)7-27-17/h2-3,6-8,10,16,18,20,26,33H,4-5,9,11H2,1H3/t16-,18+,20?/m0/s1. The second kappa shape index (κ2) is 9.24. The molecule has 4 aromatic rings. The van der Waals surface area contributed by atoms with E-state index in [9.17, 15) is 13.9 Å². The Morgan fingerprint density at radius 3 is 2.94 bits per heavy atom. The highest BCUT2D eigenvalue weighted by Gasteiger charge is 2.29. The van der Waals surface area contributed by atoms with Gasteiger partial charge in [-0.3, -0.25) is 4.98 Å². The molecule has 5 heterocycles. The van der Waals surface area contributed by atoms with Crippen LogP contribution in [0.25, 0.3) is 16.8 Å². The summed E-state index contributed by atoms with van der Waals surface area (Å²) in [7, 11) is 0. The van der Waals surface area contributed by atoms with Crippen LogP contribution in [0.5, 0.6) is 5.75 Å². The zero-order valence-electron chi connectivity index (χ0n) is 18.2. The lowest BCUT2D eigenvalue weighted by atomic mass is 10.0. The maximum Gasteiger partial charge on any atom is 0.163 e. The number of nitrogens with one attached hydrogen (secondary N) is 1. The number of aliphatic hydroxyl groups is 1.